The van der Waals surface area contributed by atoms with Crippen molar-refractivity contribution in [3.63, 3.8) is 0 Å². The fraction of sp³-hybridized carbons (Fsp3) is 0.151. The van der Waals surface area contributed by atoms with Gasteiger partial charge in [0.05, 0.1) is 22.1 Å². The Labute approximate surface area is 339 Å². The standard InChI is InChI=1S/C53H45N5/c1-52(2,3)37-23-28-46-42(31-37)43-32-38(53(4,5)6)24-29-47(43)58(46)40-27-30-48-44(33-40)41-19-13-14-20-45(41)57(48)39-25-21-36(22-26-39)51-55-49(34-15-9-7-10-16-34)54-50(56-51)35-17-11-8-12-18-35/h7-33H,1-6H3. The summed E-state index contributed by atoms with van der Waals surface area (Å²) in [6.07, 6.45) is 0. The monoisotopic (exact) mass is 751 g/mol. The molecule has 0 spiro atoms. The number of hydrogen-bond acceptors (Lipinski definition) is 3. The number of benzene rings is 7. The maximum absolute atomic E-state index is 4.97. The van der Waals surface area contributed by atoms with Gasteiger partial charge in [-0.1, -0.05) is 133 Å². The van der Waals surface area contributed by atoms with Crippen LogP contribution in [0.2, 0.25) is 0 Å². The zero-order valence-corrected chi connectivity index (χ0v) is 33.8. The molecule has 10 rings (SSSR count). The van der Waals surface area contributed by atoms with Crippen molar-refractivity contribution in [1.82, 2.24) is 24.1 Å². The first-order valence-corrected chi connectivity index (χ1v) is 20.1. The van der Waals surface area contributed by atoms with Gasteiger partial charge in [-0.15, -0.1) is 0 Å². The molecule has 0 aliphatic carbocycles. The minimum absolute atomic E-state index is 0.0464. The molecule has 0 fully saturated rings. The Balaban J connectivity index is 1.11. The van der Waals surface area contributed by atoms with E-state index in [-0.39, 0.29) is 10.8 Å². The number of para-hydroxylation sites is 1. The lowest BCUT2D eigenvalue weighted by Gasteiger charge is -2.19. The predicted octanol–water partition coefficient (Wildman–Crippen LogP) is 13.7. The molecular formula is C53H45N5. The summed E-state index contributed by atoms with van der Waals surface area (Å²) >= 11 is 0. The SMILES string of the molecule is CC(C)(C)c1ccc2c(c1)c1cc(C(C)(C)C)ccc1n2-c1ccc2c(c1)c1ccccc1n2-c1ccc(-c2nc(-c3ccccc3)nc(-c3ccccc3)n2)cc1. The van der Waals surface area contributed by atoms with Gasteiger partial charge in [0.1, 0.15) is 0 Å². The Morgan fingerprint density at radius 3 is 1.21 bits per heavy atom. The first kappa shape index (κ1) is 35.6. The van der Waals surface area contributed by atoms with Gasteiger partial charge in [-0.2, -0.15) is 0 Å². The van der Waals surface area contributed by atoms with Crippen LogP contribution in [0.1, 0.15) is 52.7 Å². The minimum atomic E-state index is 0.0464. The topological polar surface area (TPSA) is 48.5 Å². The maximum atomic E-state index is 4.97. The van der Waals surface area contributed by atoms with E-state index in [0.717, 1.165) is 39.1 Å². The fourth-order valence-corrected chi connectivity index (χ4v) is 8.31. The maximum Gasteiger partial charge on any atom is 0.164 e. The van der Waals surface area contributed by atoms with Gasteiger partial charge in [-0.3, -0.25) is 0 Å². The summed E-state index contributed by atoms with van der Waals surface area (Å²) in [5.74, 6) is 1.94. The fourth-order valence-electron chi connectivity index (χ4n) is 8.31. The van der Waals surface area contributed by atoms with Crippen molar-refractivity contribution in [2.75, 3.05) is 0 Å². The highest BCUT2D eigenvalue weighted by atomic mass is 15.0. The Kier molecular flexibility index (Phi) is 8.20. The zero-order valence-electron chi connectivity index (χ0n) is 33.8. The van der Waals surface area contributed by atoms with Crippen LogP contribution in [0.4, 0.5) is 0 Å². The molecule has 3 heterocycles. The van der Waals surface area contributed by atoms with Crippen LogP contribution >= 0.6 is 0 Å². The summed E-state index contributed by atoms with van der Waals surface area (Å²) in [7, 11) is 0. The minimum Gasteiger partial charge on any atom is -0.309 e. The lowest BCUT2D eigenvalue weighted by Crippen LogP contribution is -2.10. The third-order valence-corrected chi connectivity index (χ3v) is 11.5. The second-order valence-electron chi connectivity index (χ2n) is 17.4. The van der Waals surface area contributed by atoms with Gasteiger partial charge in [-0.25, -0.2) is 15.0 Å². The van der Waals surface area contributed by atoms with Crippen LogP contribution in [0.5, 0.6) is 0 Å². The van der Waals surface area contributed by atoms with Crippen LogP contribution in [0.15, 0.2) is 164 Å². The van der Waals surface area contributed by atoms with Crippen LogP contribution < -0.4 is 0 Å². The van der Waals surface area contributed by atoms with Crippen LogP contribution in [0, 0.1) is 0 Å². The van der Waals surface area contributed by atoms with E-state index in [1.807, 2.05) is 60.7 Å². The van der Waals surface area contributed by atoms with E-state index in [2.05, 4.69) is 154 Å². The molecule has 5 nitrogen and oxygen atoms in total. The number of fused-ring (bicyclic) bond motifs is 6. The van der Waals surface area contributed by atoms with E-state index in [1.165, 1.54) is 43.7 Å². The molecule has 0 aliphatic heterocycles. The molecule has 0 amide bonds. The summed E-state index contributed by atoms with van der Waals surface area (Å²) in [5.41, 5.74) is 12.6. The van der Waals surface area contributed by atoms with Gasteiger partial charge in [0, 0.05) is 49.6 Å². The van der Waals surface area contributed by atoms with Gasteiger partial charge < -0.3 is 9.13 Å². The van der Waals surface area contributed by atoms with Crippen molar-refractivity contribution < 1.29 is 0 Å². The van der Waals surface area contributed by atoms with Crippen molar-refractivity contribution in [1.29, 1.82) is 0 Å². The van der Waals surface area contributed by atoms with Gasteiger partial charge in [-0.05, 0) is 94.8 Å². The first-order valence-electron chi connectivity index (χ1n) is 20.1. The van der Waals surface area contributed by atoms with E-state index in [1.54, 1.807) is 0 Å². The summed E-state index contributed by atoms with van der Waals surface area (Å²) in [6, 6.07) is 58.6. The molecule has 282 valence electrons. The summed E-state index contributed by atoms with van der Waals surface area (Å²) in [5, 5.41) is 5.01. The average molecular weight is 752 g/mol. The molecule has 0 atom stereocenters. The molecule has 0 bridgehead atoms. The molecular weight excluding hydrogens is 707 g/mol. The number of nitrogens with zero attached hydrogens (tertiary/aromatic N) is 5. The molecule has 0 N–H and O–H groups in total. The van der Waals surface area contributed by atoms with Crippen molar-refractivity contribution in [2.24, 2.45) is 0 Å². The van der Waals surface area contributed by atoms with E-state index in [9.17, 15) is 0 Å². The highest BCUT2D eigenvalue weighted by Gasteiger charge is 2.22. The van der Waals surface area contributed by atoms with Crippen molar-refractivity contribution in [3.05, 3.63) is 175 Å². The lowest BCUT2D eigenvalue weighted by atomic mass is 9.85. The quantitative estimate of drug-likeness (QED) is 0.176. The third kappa shape index (κ3) is 6.06. The van der Waals surface area contributed by atoms with E-state index in [4.69, 9.17) is 15.0 Å². The average Bonchev–Trinajstić information content (AvgIpc) is 3.75. The van der Waals surface area contributed by atoms with E-state index < -0.39 is 0 Å². The van der Waals surface area contributed by atoms with Crippen molar-refractivity contribution in [3.8, 4) is 45.5 Å². The van der Waals surface area contributed by atoms with Crippen molar-refractivity contribution in [2.45, 2.75) is 52.4 Å². The predicted molar refractivity (Wildman–Crippen MR) is 242 cm³/mol. The molecule has 0 saturated heterocycles. The first-order chi connectivity index (χ1) is 28.0. The molecule has 0 aliphatic rings. The smallest absolute Gasteiger partial charge is 0.164 e. The highest BCUT2D eigenvalue weighted by molar-refractivity contribution is 6.12. The molecule has 0 unspecified atom stereocenters. The largest absolute Gasteiger partial charge is 0.309 e. The molecule has 7 aromatic carbocycles. The second-order valence-corrected chi connectivity index (χ2v) is 17.4. The molecule has 3 aromatic heterocycles. The number of rotatable bonds is 5. The Morgan fingerprint density at radius 2 is 0.707 bits per heavy atom. The number of aromatic nitrogens is 5. The van der Waals surface area contributed by atoms with Gasteiger partial charge in [0.2, 0.25) is 0 Å². The Hall–Kier alpha value is -6.85. The Morgan fingerprint density at radius 1 is 0.328 bits per heavy atom. The van der Waals surface area contributed by atoms with Crippen LogP contribution in [-0.4, -0.2) is 24.1 Å². The summed E-state index contributed by atoms with van der Waals surface area (Å²) < 4.78 is 4.82. The highest BCUT2D eigenvalue weighted by Crippen LogP contribution is 2.40. The van der Waals surface area contributed by atoms with Crippen LogP contribution in [0.25, 0.3) is 89.2 Å². The van der Waals surface area contributed by atoms with Gasteiger partial charge >= 0.3 is 0 Å². The van der Waals surface area contributed by atoms with Gasteiger partial charge in [0.25, 0.3) is 0 Å². The van der Waals surface area contributed by atoms with Crippen molar-refractivity contribution >= 4 is 43.6 Å². The lowest BCUT2D eigenvalue weighted by molar-refractivity contribution is 0.590. The summed E-state index contributed by atoms with van der Waals surface area (Å²) in [4.78, 5) is 14.8. The normalized spacial score (nSPS) is 12.3. The molecule has 0 radical (unpaired) electrons. The molecule has 5 heteroatoms. The second kappa shape index (κ2) is 13.4. The summed E-state index contributed by atoms with van der Waals surface area (Å²) in [6.45, 7) is 13.8. The molecule has 58 heavy (non-hydrogen) atoms. The molecule has 0 saturated carbocycles. The van der Waals surface area contributed by atoms with Crippen LogP contribution in [-0.2, 0) is 10.8 Å². The van der Waals surface area contributed by atoms with E-state index >= 15 is 0 Å². The van der Waals surface area contributed by atoms with E-state index in [0.29, 0.717) is 17.5 Å². The number of hydrogen-bond donors (Lipinski definition) is 0. The van der Waals surface area contributed by atoms with Crippen LogP contribution in [0.3, 0.4) is 0 Å². The van der Waals surface area contributed by atoms with Gasteiger partial charge in [0.15, 0.2) is 17.5 Å². The Bertz CT molecular complexity index is 3030. The molecule has 10 aromatic rings. The third-order valence-electron chi connectivity index (χ3n) is 11.5. The zero-order chi connectivity index (χ0) is 39.8.